The van der Waals surface area contributed by atoms with E-state index < -0.39 is 11.9 Å². The molecule has 1 aromatic rings. The summed E-state index contributed by atoms with van der Waals surface area (Å²) in [5, 5.41) is 7.37. The lowest BCUT2D eigenvalue weighted by Crippen LogP contribution is -2.41. The Balaban J connectivity index is 1.69. The number of carbonyl (C=O) groups excluding carboxylic acids is 1. The van der Waals surface area contributed by atoms with Crippen LogP contribution < -0.4 is 10.6 Å². The van der Waals surface area contributed by atoms with Gasteiger partial charge in [-0.05, 0) is 0 Å². The number of alkyl halides is 3. The van der Waals surface area contributed by atoms with Crippen molar-refractivity contribution in [2.24, 2.45) is 0 Å². The van der Waals surface area contributed by atoms with Gasteiger partial charge in [-0.2, -0.15) is 24.9 Å². The molecule has 0 saturated carbocycles. The SMILES string of the molecule is O=C(CC1CSCCN1)NCCc1nc(C(F)(F)F)cs1. The third-order valence-electron chi connectivity index (χ3n) is 2.93. The number of hydrogen-bond donors (Lipinski definition) is 2. The van der Waals surface area contributed by atoms with Gasteiger partial charge in [0, 0.05) is 48.9 Å². The van der Waals surface area contributed by atoms with Crippen LogP contribution in [0.15, 0.2) is 5.38 Å². The second kappa shape index (κ2) is 7.46. The van der Waals surface area contributed by atoms with Crippen molar-refractivity contribution in [1.82, 2.24) is 15.6 Å². The number of nitrogens with one attached hydrogen (secondary N) is 2. The van der Waals surface area contributed by atoms with Gasteiger partial charge in [0.05, 0.1) is 5.01 Å². The molecule has 21 heavy (non-hydrogen) atoms. The maximum absolute atomic E-state index is 12.4. The standard InChI is InChI=1S/C12H16F3N3OS2/c13-12(14,15)9-7-21-11(18-9)1-2-17-10(19)5-8-6-20-4-3-16-8/h7-8,16H,1-6H2,(H,17,19). The normalized spacial score (nSPS) is 19.5. The number of nitrogens with zero attached hydrogens (tertiary/aromatic N) is 1. The minimum Gasteiger partial charge on any atom is -0.356 e. The Morgan fingerprint density at radius 3 is 2.95 bits per heavy atom. The molecule has 0 radical (unpaired) electrons. The number of thioether (sulfide) groups is 1. The monoisotopic (exact) mass is 339 g/mol. The lowest BCUT2D eigenvalue weighted by atomic mass is 10.2. The van der Waals surface area contributed by atoms with Gasteiger partial charge in [-0.3, -0.25) is 4.79 Å². The third kappa shape index (κ3) is 5.48. The van der Waals surface area contributed by atoms with Gasteiger partial charge in [0.25, 0.3) is 0 Å². The van der Waals surface area contributed by atoms with Crippen LogP contribution in [0.2, 0.25) is 0 Å². The summed E-state index contributed by atoms with van der Waals surface area (Å²) >= 11 is 2.78. The molecule has 1 atom stereocenters. The van der Waals surface area contributed by atoms with E-state index in [0.29, 0.717) is 24.4 Å². The topological polar surface area (TPSA) is 54.0 Å². The Labute approximate surface area is 128 Å². The van der Waals surface area contributed by atoms with Crippen LogP contribution in [0.5, 0.6) is 0 Å². The molecular weight excluding hydrogens is 323 g/mol. The molecule has 2 rings (SSSR count). The Morgan fingerprint density at radius 1 is 1.52 bits per heavy atom. The molecule has 1 aliphatic rings. The molecule has 0 bridgehead atoms. The summed E-state index contributed by atoms with van der Waals surface area (Å²) in [6.45, 7) is 1.21. The van der Waals surface area contributed by atoms with Crippen LogP contribution in [0.4, 0.5) is 13.2 Å². The summed E-state index contributed by atoms with van der Waals surface area (Å²) in [6, 6.07) is 0.181. The lowest BCUT2D eigenvalue weighted by Gasteiger charge is -2.22. The van der Waals surface area contributed by atoms with Crippen LogP contribution in [0.1, 0.15) is 17.1 Å². The van der Waals surface area contributed by atoms with Crippen LogP contribution in [0, 0.1) is 0 Å². The minimum absolute atomic E-state index is 0.0809. The van der Waals surface area contributed by atoms with Gasteiger partial charge in [-0.25, -0.2) is 4.98 Å². The number of rotatable bonds is 5. The summed E-state index contributed by atoms with van der Waals surface area (Å²) in [5.41, 5.74) is -0.864. The van der Waals surface area contributed by atoms with E-state index in [9.17, 15) is 18.0 Å². The van der Waals surface area contributed by atoms with Crippen molar-refractivity contribution < 1.29 is 18.0 Å². The fourth-order valence-electron chi connectivity index (χ4n) is 1.91. The largest absolute Gasteiger partial charge is 0.434 e. The van der Waals surface area contributed by atoms with E-state index in [1.807, 2.05) is 11.8 Å². The van der Waals surface area contributed by atoms with Crippen molar-refractivity contribution in [3.8, 4) is 0 Å². The first-order valence-corrected chi connectivity index (χ1v) is 8.58. The first kappa shape index (κ1) is 16.6. The Morgan fingerprint density at radius 2 is 2.33 bits per heavy atom. The molecule has 2 N–H and O–H groups in total. The van der Waals surface area contributed by atoms with E-state index in [1.54, 1.807) is 0 Å². The van der Waals surface area contributed by atoms with Crippen molar-refractivity contribution >= 4 is 29.0 Å². The van der Waals surface area contributed by atoms with E-state index in [2.05, 4.69) is 15.6 Å². The van der Waals surface area contributed by atoms with Crippen molar-refractivity contribution in [3.05, 3.63) is 16.1 Å². The Kier molecular flexibility index (Phi) is 5.88. The van der Waals surface area contributed by atoms with E-state index in [4.69, 9.17) is 0 Å². The molecule has 1 aliphatic heterocycles. The number of hydrogen-bond acceptors (Lipinski definition) is 5. The summed E-state index contributed by atoms with van der Waals surface area (Å²) in [6.07, 6.45) is -3.68. The zero-order valence-electron chi connectivity index (χ0n) is 11.2. The lowest BCUT2D eigenvalue weighted by molar-refractivity contribution is -0.140. The minimum atomic E-state index is -4.40. The zero-order chi connectivity index (χ0) is 15.3. The van der Waals surface area contributed by atoms with Crippen LogP contribution in [-0.2, 0) is 17.4 Å². The molecule has 1 amide bonds. The highest BCUT2D eigenvalue weighted by Crippen LogP contribution is 2.29. The van der Waals surface area contributed by atoms with Crippen molar-refractivity contribution in [3.63, 3.8) is 0 Å². The van der Waals surface area contributed by atoms with Crippen molar-refractivity contribution in [1.29, 1.82) is 0 Å². The average molecular weight is 339 g/mol. The molecule has 9 heteroatoms. The van der Waals surface area contributed by atoms with Gasteiger partial charge in [-0.15, -0.1) is 11.3 Å². The summed E-state index contributed by atoms with van der Waals surface area (Å²) in [4.78, 5) is 15.2. The second-order valence-electron chi connectivity index (χ2n) is 4.65. The van der Waals surface area contributed by atoms with Crippen LogP contribution >= 0.6 is 23.1 Å². The van der Waals surface area contributed by atoms with Gasteiger partial charge in [0.15, 0.2) is 5.69 Å². The van der Waals surface area contributed by atoms with E-state index in [0.717, 1.165) is 34.8 Å². The van der Waals surface area contributed by atoms with E-state index >= 15 is 0 Å². The number of aromatic nitrogens is 1. The highest BCUT2D eigenvalue weighted by atomic mass is 32.2. The molecule has 0 spiro atoms. The fourth-order valence-corrected chi connectivity index (χ4v) is 3.67. The number of amides is 1. The number of thiazole rings is 1. The van der Waals surface area contributed by atoms with Gasteiger partial charge in [0.1, 0.15) is 0 Å². The Hall–Kier alpha value is -0.800. The molecule has 0 aromatic carbocycles. The van der Waals surface area contributed by atoms with Crippen LogP contribution in [0.25, 0.3) is 0 Å². The highest BCUT2D eigenvalue weighted by molar-refractivity contribution is 7.99. The van der Waals surface area contributed by atoms with Gasteiger partial charge < -0.3 is 10.6 Å². The molecule has 2 heterocycles. The predicted octanol–water partition coefficient (Wildman–Crippen LogP) is 1.92. The van der Waals surface area contributed by atoms with Crippen LogP contribution in [0.3, 0.4) is 0 Å². The quantitative estimate of drug-likeness (QED) is 0.861. The smallest absolute Gasteiger partial charge is 0.356 e. The van der Waals surface area contributed by atoms with Crippen molar-refractivity contribution in [2.45, 2.75) is 25.1 Å². The third-order valence-corrected chi connectivity index (χ3v) is 4.97. The first-order chi connectivity index (χ1) is 9.95. The number of halogens is 3. The van der Waals surface area contributed by atoms with Crippen LogP contribution in [-0.4, -0.2) is 41.5 Å². The van der Waals surface area contributed by atoms with E-state index in [1.165, 1.54) is 0 Å². The fraction of sp³-hybridized carbons (Fsp3) is 0.667. The van der Waals surface area contributed by atoms with Crippen molar-refractivity contribution in [2.75, 3.05) is 24.6 Å². The molecule has 1 unspecified atom stereocenters. The summed E-state index contributed by atoms with van der Waals surface area (Å²) < 4.78 is 37.1. The molecule has 1 fully saturated rings. The summed E-state index contributed by atoms with van der Waals surface area (Å²) in [5.74, 6) is 1.89. The van der Waals surface area contributed by atoms with Gasteiger partial charge in [-0.1, -0.05) is 0 Å². The average Bonchev–Trinajstić information content (AvgIpc) is 2.88. The second-order valence-corrected chi connectivity index (χ2v) is 6.75. The molecular formula is C12H16F3N3OS2. The first-order valence-electron chi connectivity index (χ1n) is 6.54. The van der Waals surface area contributed by atoms with Gasteiger partial charge >= 0.3 is 6.18 Å². The molecule has 1 saturated heterocycles. The predicted molar refractivity (Wildman–Crippen MR) is 77.6 cm³/mol. The molecule has 4 nitrogen and oxygen atoms in total. The highest BCUT2D eigenvalue weighted by Gasteiger charge is 2.33. The Bertz CT molecular complexity index is 473. The summed E-state index contributed by atoms with van der Waals surface area (Å²) in [7, 11) is 0. The molecule has 0 aliphatic carbocycles. The number of carbonyl (C=O) groups is 1. The van der Waals surface area contributed by atoms with E-state index in [-0.39, 0.29) is 11.9 Å². The zero-order valence-corrected chi connectivity index (χ0v) is 12.8. The maximum Gasteiger partial charge on any atom is 0.434 e. The molecule has 118 valence electrons. The molecule has 1 aromatic heterocycles. The maximum atomic E-state index is 12.4. The van der Waals surface area contributed by atoms with Gasteiger partial charge in [0.2, 0.25) is 5.91 Å².